The van der Waals surface area contributed by atoms with Gasteiger partial charge in [-0.15, -0.1) is 0 Å². The molecule has 7 nitrogen and oxygen atoms in total. The first kappa shape index (κ1) is 17.9. The summed E-state index contributed by atoms with van der Waals surface area (Å²) in [4.78, 5) is 24.7. The van der Waals surface area contributed by atoms with E-state index in [0.29, 0.717) is 18.0 Å². The van der Waals surface area contributed by atoms with Gasteiger partial charge in [0.1, 0.15) is 5.75 Å². The van der Waals surface area contributed by atoms with Crippen molar-refractivity contribution in [1.82, 2.24) is 0 Å². The molecule has 26 heavy (non-hydrogen) atoms. The highest BCUT2D eigenvalue weighted by atomic mass is 32.2. The Bertz CT molecular complexity index is 922. The Morgan fingerprint density at radius 3 is 2.31 bits per heavy atom. The lowest BCUT2D eigenvalue weighted by atomic mass is 10.3. The first-order valence-electron chi connectivity index (χ1n) is 8.12. The molecule has 2 aromatic carbocycles. The zero-order valence-electron chi connectivity index (χ0n) is 14.1. The number of carbonyl (C=O) groups is 2. The standard InChI is InChI=1S/C18H18N2O5S/c1-2-25-15-8-6-13(7-9-15)19-26(23,24)16-5-3-4-14(12-16)20-17(21)10-11-18(20)22/h3-9,12,19H,2,10-11H2,1H3. The van der Waals surface area contributed by atoms with Crippen LogP contribution < -0.4 is 14.4 Å². The molecule has 0 aromatic heterocycles. The number of nitrogens with one attached hydrogen (secondary N) is 1. The van der Waals surface area contributed by atoms with E-state index < -0.39 is 10.0 Å². The summed E-state index contributed by atoms with van der Waals surface area (Å²) < 4.78 is 33.0. The molecular weight excluding hydrogens is 356 g/mol. The maximum Gasteiger partial charge on any atom is 0.261 e. The van der Waals surface area contributed by atoms with Crippen LogP contribution in [0.3, 0.4) is 0 Å². The number of rotatable bonds is 6. The molecule has 0 bridgehead atoms. The van der Waals surface area contributed by atoms with E-state index in [-0.39, 0.29) is 35.2 Å². The summed E-state index contributed by atoms with van der Waals surface area (Å²) in [6, 6.07) is 12.3. The van der Waals surface area contributed by atoms with E-state index in [2.05, 4.69) is 4.72 Å². The van der Waals surface area contributed by atoms with E-state index in [0.717, 1.165) is 4.90 Å². The lowest BCUT2D eigenvalue weighted by Gasteiger charge is -2.15. The largest absolute Gasteiger partial charge is 0.494 e. The van der Waals surface area contributed by atoms with Gasteiger partial charge in [-0.05, 0) is 49.4 Å². The van der Waals surface area contributed by atoms with E-state index in [9.17, 15) is 18.0 Å². The van der Waals surface area contributed by atoms with Gasteiger partial charge < -0.3 is 4.74 Å². The van der Waals surface area contributed by atoms with Crippen LogP contribution in [0.1, 0.15) is 19.8 Å². The average molecular weight is 374 g/mol. The molecule has 1 aliphatic heterocycles. The topological polar surface area (TPSA) is 92.8 Å². The van der Waals surface area contributed by atoms with Crippen LogP contribution in [0.15, 0.2) is 53.4 Å². The molecule has 8 heteroatoms. The molecule has 1 fully saturated rings. The van der Waals surface area contributed by atoms with Gasteiger partial charge in [-0.2, -0.15) is 0 Å². The number of sulfonamides is 1. The van der Waals surface area contributed by atoms with Crippen molar-refractivity contribution < 1.29 is 22.7 Å². The summed E-state index contributed by atoms with van der Waals surface area (Å²) in [5.74, 6) is -0.0171. The van der Waals surface area contributed by atoms with E-state index in [1.807, 2.05) is 6.92 Å². The molecule has 1 aliphatic rings. The smallest absolute Gasteiger partial charge is 0.261 e. The van der Waals surface area contributed by atoms with Crippen molar-refractivity contribution in [3.05, 3.63) is 48.5 Å². The molecule has 0 saturated carbocycles. The SMILES string of the molecule is CCOc1ccc(NS(=O)(=O)c2cccc(N3C(=O)CCC3=O)c2)cc1. The molecule has 2 amide bonds. The maximum absolute atomic E-state index is 12.6. The van der Waals surface area contributed by atoms with Crippen LogP contribution in [0, 0.1) is 0 Å². The predicted molar refractivity (Wildman–Crippen MR) is 96.6 cm³/mol. The van der Waals surface area contributed by atoms with Crippen molar-refractivity contribution in [2.45, 2.75) is 24.7 Å². The van der Waals surface area contributed by atoms with E-state index >= 15 is 0 Å². The Hall–Kier alpha value is -2.87. The molecule has 0 unspecified atom stereocenters. The Balaban J connectivity index is 1.84. The highest BCUT2D eigenvalue weighted by Crippen LogP contribution is 2.26. The minimum absolute atomic E-state index is 0.0311. The zero-order valence-corrected chi connectivity index (χ0v) is 15.0. The minimum atomic E-state index is -3.87. The fraction of sp³-hybridized carbons (Fsp3) is 0.222. The van der Waals surface area contributed by atoms with Gasteiger partial charge in [0.25, 0.3) is 10.0 Å². The van der Waals surface area contributed by atoms with E-state index in [1.54, 1.807) is 24.3 Å². The van der Waals surface area contributed by atoms with Gasteiger partial charge >= 0.3 is 0 Å². The lowest BCUT2D eigenvalue weighted by Crippen LogP contribution is -2.28. The normalized spacial score (nSPS) is 14.6. The van der Waals surface area contributed by atoms with Crippen molar-refractivity contribution in [3.63, 3.8) is 0 Å². The molecule has 2 aromatic rings. The first-order chi connectivity index (χ1) is 12.4. The fourth-order valence-corrected chi connectivity index (χ4v) is 3.75. The van der Waals surface area contributed by atoms with Crippen LogP contribution in [0.2, 0.25) is 0 Å². The first-order valence-corrected chi connectivity index (χ1v) is 9.60. The second kappa shape index (κ2) is 7.17. The number of hydrogen-bond acceptors (Lipinski definition) is 5. The van der Waals surface area contributed by atoms with Crippen molar-refractivity contribution in [1.29, 1.82) is 0 Å². The Morgan fingerprint density at radius 2 is 1.69 bits per heavy atom. The monoisotopic (exact) mass is 374 g/mol. The van der Waals surface area contributed by atoms with Gasteiger partial charge in [0.2, 0.25) is 11.8 Å². The molecule has 3 rings (SSSR count). The highest BCUT2D eigenvalue weighted by Gasteiger charge is 2.31. The van der Waals surface area contributed by atoms with Gasteiger partial charge in [-0.1, -0.05) is 6.07 Å². The predicted octanol–water partition coefficient (Wildman–Crippen LogP) is 2.54. The second-order valence-electron chi connectivity index (χ2n) is 5.68. The number of benzene rings is 2. The molecule has 0 radical (unpaired) electrons. The highest BCUT2D eigenvalue weighted by molar-refractivity contribution is 7.92. The number of carbonyl (C=O) groups excluding carboxylic acids is 2. The van der Waals surface area contributed by atoms with Gasteiger partial charge in [0, 0.05) is 18.5 Å². The third-order valence-electron chi connectivity index (χ3n) is 3.86. The van der Waals surface area contributed by atoms with Crippen molar-refractivity contribution in [2.75, 3.05) is 16.2 Å². The summed E-state index contributed by atoms with van der Waals surface area (Å²) >= 11 is 0. The summed E-state index contributed by atoms with van der Waals surface area (Å²) in [6.45, 7) is 2.38. The lowest BCUT2D eigenvalue weighted by molar-refractivity contribution is -0.121. The third-order valence-corrected chi connectivity index (χ3v) is 5.23. The molecule has 0 atom stereocenters. The summed E-state index contributed by atoms with van der Waals surface area (Å²) in [5.41, 5.74) is 0.638. The van der Waals surface area contributed by atoms with Crippen molar-refractivity contribution >= 4 is 33.2 Å². The molecule has 1 heterocycles. The van der Waals surface area contributed by atoms with Gasteiger partial charge in [-0.3, -0.25) is 19.2 Å². The maximum atomic E-state index is 12.6. The minimum Gasteiger partial charge on any atom is -0.494 e. The molecule has 0 spiro atoms. The van der Waals surface area contributed by atoms with E-state index in [4.69, 9.17) is 4.74 Å². The van der Waals surface area contributed by atoms with E-state index in [1.165, 1.54) is 24.3 Å². The molecular formula is C18H18N2O5S. The molecule has 1 N–H and O–H groups in total. The number of anilines is 2. The summed E-state index contributed by atoms with van der Waals surface area (Å²) in [5, 5.41) is 0. The Labute approximate surface area is 151 Å². The van der Waals surface area contributed by atoms with Crippen LogP contribution >= 0.6 is 0 Å². The average Bonchev–Trinajstić information content (AvgIpc) is 2.95. The van der Waals surface area contributed by atoms with Crippen LogP contribution in [0.25, 0.3) is 0 Å². The number of ether oxygens (including phenoxy) is 1. The number of imide groups is 1. The Kier molecular flexibility index (Phi) is 4.94. The van der Waals surface area contributed by atoms with Crippen LogP contribution in [0.5, 0.6) is 5.75 Å². The number of hydrogen-bond donors (Lipinski definition) is 1. The third kappa shape index (κ3) is 3.70. The zero-order chi connectivity index (χ0) is 18.7. The molecule has 136 valence electrons. The van der Waals surface area contributed by atoms with Gasteiger partial charge in [-0.25, -0.2) is 8.42 Å². The number of amides is 2. The Morgan fingerprint density at radius 1 is 1.04 bits per heavy atom. The molecule has 0 aliphatic carbocycles. The van der Waals surface area contributed by atoms with Crippen LogP contribution in [0.4, 0.5) is 11.4 Å². The molecule has 1 saturated heterocycles. The summed E-state index contributed by atoms with van der Waals surface area (Å²) in [7, 11) is -3.87. The summed E-state index contributed by atoms with van der Waals surface area (Å²) in [6.07, 6.45) is 0.278. The van der Waals surface area contributed by atoms with Crippen LogP contribution in [-0.2, 0) is 19.6 Å². The van der Waals surface area contributed by atoms with Gasteiger partial charge in [0.05, 0.1) is 17.2 Å². The van der Waals surface area contributed by atoms with Crippen molar-refractivity contribution in [3.8, 4) is 5.75 Å². The second-order valence-corrected chi connectivity index (χ2v) is 7.37. The van der Waals surface area contributed by atoms with Gasteiger partial charge in [0.15, 0.2) is 0 Å². The quantitative estimate of drug-likeness (QED) is 0.785. The van der Waals surface area contributed by atoms with Crippen LogP contribution in [-0.4, -0.2) is 26.8 Å². The number of nitrogens with zero attached hydrogens (tertiary/aromatic N) is 1. The van der Waals surface area contributed by atoms with Crippen molar-refractivity contribution in [2.24, 2.45) is 0 Å². The fourth-order valence-electron chi connectivity index (χ4n) is 2.65.